The number of hydrogen-bond donors (Lipinski definition) is 1. The number of carboxylic acids is 1. The Labute approximate surface area is 104 Å². The molecule has 7 heteroatoms. The number of pyridine rings is 1. The molecule has 1 unspecified atom stereocenters. The Bertz CT molecular complexity index is 474. The highest BCUT2D eigenvalue weighted by Gasteiger charge is 2.39. The molecule has 2 heterocycles. The van der Waals surface area contributed by atoms with E-state index in [1.165, 1.54) is 30.2 Å². The number of aromatic nitrogens is 1. The molecule has 0 radical (unpaired) electrons. The van der Waals surface area contributed by atoms with E-state index in [4.69, 9.17) is 9.84 Å². The maximum atomic E-state index is 11.9. The fraction of sp³-hybridized carbons (Fsp3) is 0.364. The van der Waals surface area contributed by atoms with Crippen molar-refractivity contribution in [1.29, 1.82) is 0 Å². The summed E-state index contributed by atoms with van der Waals surface area (Å²) < 4.78 is 4.92. The molecule has 0 bridgehead atoms. The summed E-state index contributed by atoms with van der Waals surface area (Å²) in [5.41, 5.74) is 0.552. The minimum Gasteiger partial charge on any atom is -0.481 e. The highest BCUT2D eigenvalue weighted by atomic mass is 16.5. The van der Waals surface area contributed by atoms with Crippen LogP contribution in [0.3, 0.4) is 0 Å². The number of carbonyl (C=O) groups is 2. The zero-order valence-corrected chi connectivity index (χ0v) is 10.0. The molecule has 1 aromatic heterocycles. The summed E-state index contributed by atoms with van der Waals surface area (Å²) in [6.45, 7) is 0.110. The van der Waals surface area contributed by atoms with Gasteiger partial charge < -0.3 is 14.7 Å². The van der Waals surface area contributed by atoms with Crippen LogP contribution in [0.1, 0.15) is 0 Å². The van der Waals surface area contributed by atoms with Gasteiger partial charge in [-0.2, -0.15) is 0 Å². The third-order valence-electron chi connectivity index (χ3n) is 2.88. The van der Waals surface area contributed by atoms with Crippen molar-refractivity contribution in [3.05, 3.63) is 18.3 Å². The molecule has 1 saturated heterocycles. The Morgan fingerprint density at radius 3 is 2.72 bits per heavy atom. The number of hydrogen-bond acceptors (Lipinski definition) is 4. The molecule has 1 aliphatic rings. The smallest absolute Gasteiger partial charge is 0.328 e. The van der Waals surface area contributed by atoms with Gasteiger partial charge in [0, 0.05) is 13.1 Å². The lowest BCUT2D eigenvalue weighted by Gasteiger charge is -2.15. The van der Waals surface area contributed by atoms with Gasteiger partial charge in [0.05, 0.1) is 25.5 Å². The van der Waals surface area contributed by atoms with Crippen LogP contribution in [-0.4, -0.2) is 53.7 Å². The molecule has 1 aliphatic heterocycles. The van der Waals surface area contributed by atoms with E-state index >= 15 is 0 Å². The van der Waals surface area contributed by atoms with Crippen molar-refractivity contribution in [3.8, 4) is 5.88 Å². The van der Waals surface area contributed by atoms with Gasteiger partial charge in [-0.25, -0.2) is 14.6 Å². The van der Waals surface area contributed by atoms with Gasteiger partial charge in [-0.1, -0.05) is 0 Å². The first kappa shape index (κ1) is 12.2. The molecular formula is C11H13N3O4. The van der Waals surface area contributed by atoms with Crippen molar-refractivity contribution < 1.29 is 19.4 Å². The van der Waals surface area contributed by atoms with Crippen molar-refractivity contribution >= 4 is 17.7 Å². The van der Waals surface area contributed by atoms with Crippen LogP contribution >= 0.6 is 0 Å². The molecule has 1 fully saturated rings. The summed E-state index contributed by atoms with van der Waals surface area (Å²) in [6.07, 6.45) is 1.48. The number of anilines is 1. The lowest BCUT2D eigenvalue weighted by atomic mass is 10.3. The fourth-order valence-electron chi connectivity index (χ4n) is 1.81. The summed E-state index contributed by atoms with van der Waals surface area (Å²) >= 11 is 0. The number of nitrogens with zero attached hydrogens (tertiary/aromatic N) is 3. The van der Waals surface area contributed by atoms with Gasteiger partial charge in [0.25, 0.3) is 0 Å². The Hall–Kier alpha value is -2.31. The zero-order valence-electron chi connectivity index (χ0n) is 10.0. The maximum absolute atomic E-state index is 11.9. The summed E-state index contributed by atoms with van der Waals surface area (Å²) in [7, 11) is 2.97. The summed E-state index contributed by atoms with van der Waals surface area (Å²) in [6, 6.07) is 2.10. The molecule has 1 aromatic rings. The van der Waals surface area contributed by atoms with E-state index < -0.39 is 12.0 Å². The predicted molar refractivity (Wildman–Crippen MR) is 62.7 cm³/mol. The van der Waals surface area contributed by atoms with Gasteiger partial charge in [0.1, 0.15) is 6.04 Å². The molecule has 18 heavy (non-hydrogen) atoms. The minimum absolute atomic E-state index is 0.110. The summed E-state index contributed by atoms with van der Waals surface area (Å²) in [5, 5.41) is 8.99. The number of carbonyl (C=O) groups excluding carboxylic acids is 1. The Morgan fingerprint density at radius 2 is 2.28 bits per heavy atom. The van der Waals surface area contributed by atoms with Crippen molar-refractivity contribution in [2.45, 2.75) is 6.04 Å². The van der Waals surface area contributed by atoms with Gasteiger partial charge in [0.15, 0.2) is 0 Å². The van der Waals surface area contributed by atoms with E-state index in [9.17, 15) is 9.59 Å². The van der Waals surface area contributed by atoms with Gasteiger partial charge in [-0.15, -0.1) is 0 Å². The Balaban J connectivity index is 2.23. The number of urea groups is 1. The van der Waals surface area contributed by atoms with E-state index in [-0.39, 0.29) is 12.6 Å². The first-order valence-corrected chi connectivity index (χ1v) is 5.31. The number of amides is 2. The second-order valence-electron chi connectivity index (χ2n) is 3.92. The number of rotatable bonds is 3. The van der Waals surface area contributed by atoms with Gasteiger partial charge in [0.2, 0.25) is 5.88 Å². The standard InChI is InChI=1S/C11H13N3O4/c1-13-8(10(15)16)6-14(11(13)17)7-3-4-9(18-2)12-5-7/h3-5,8H,6H2,1-2H3,(H,15,16). The number of carboxylic acid groups (broad SMARTS) is 1. The molecule has 0 aliphatic carbocycles. The van der Waals surface area contributed by atoms with Crippen molar-refractivity contribution in [2.24, 2.45) is 0 Å². The topological polar surface area (TPSA) is 83.0 Å². The predicted octanol–water partition coefficient (Wildman–Crippen LogP) is 0.415. The third-order valence-corrected chi connectivity index (χ3v) is 2.88. The van der Waals surface area contributed by atoms with Gasteiger partial charge >= 0.3 is 12.0 Å². The lowest BCUT2D eigenvalue weighted by Crippen LogP contribution is -2.36. The van der Waals surface area contributed by atoms with Crippen LogP contribution in [0.15, 0.2) is 18.3 Å². The number of likely N-dealkylation sites (N-methyl/N-ethyl adjacent to an activating group) is 1. The van der Waals surface area contributed by atoms with Gasteiger partial charge in [-0.05, 0) is 6.07 Å². The monoisotopic (exact) mass is 251 g/mol. The van der Waals surface area contributed by atoms with E-state index in [0.717, 1.165) is 0 Å². The largest absolute Gasteiger partial charge is 0.481 e. The highest BCUT2D eigenvalue weighted by molar-refractivity contribution is 5.98. The molecule has 1 N–H and O–H groups in total. The molecule has 1 atom stereocenters. The molecule has 0 saturated carbocycles. The molecule has 96 valence electrons. The number of methoxy groups -OCH3 is 1. The van der Waals surface area contributed by atoms with Crippen LogP contribution in [0.2, 0.25) is 0 Å². The third kappa shape index (κ3) is 1.94. The van der Waals surface area contributed by atoms with Crippen molar-refractivity contribution in [1.82, 2.24) is 9.88 Å². The summed E-state index contributed by atoms with van der Waals surface area (Å²) in [4.78, 5) is 29.5. The van der Waals surface area contributed by atoms with Crippen LogP contribution in [0.4, 0.5) is 10.5 Å². The normalized spacial score (nSPS) is 19.2. The minimum atomic E-state index is -1.02. The quantitative estimate of drug-likeness (QED) is 0.841. The second-order valence-corrected chi connectivity index (χ2v) is 3.92. The Kier molecular flexibility index (Phi) is 3.05. The molecule has 2 rings (SSSR count). The first-order chi connectivity index (χ1) is 8.54. The lowest BCUT2D eigenvalue weighted by molar-refractivity contribution is -0.140. The van der Waals surface area contributed by atoms with Crippen LogP contribution in [0, 0.1) is 0 Å². The van der Waals surface area contributed by atoms with E-state index in [1.807, 2.05) is 0 Å². The zero-order chi connectivity index (χ0) is 13.3. The molecule has 2 amide bonds. The van der Waals surface area contributed by atoms with E-state index in [2.05, 4.69) is 4.98 Å². The maximum Gasteiger partial charge on any atom is 0.328 e. The SMILES string of the molecule is COc1ccc(N2CC(C(=O)O)N(C)C2=O)cn1. The molecule has 7 nitrogen and oxygen atoms in total. The van der Waals surface area contributed by atoms with Gasteiger partial charge in [-0.3, -0.25) is 4.90 Å². The average Bonchev–Trinajstić information content (AvgIpc) is 2.67. The van der Waals surface area contributed by atoms with E-state index in [0.29, 0.717) is 11.6 Å². The second kappa shape index (κ2) is 4.52. The fourth-order valence-corrected chi connectivity index (χ4v) is 1.81. The Morgan fingerprint density at radius 1 is 1.56 bits per heavy atom. The van der Waals surface area contributed by atoms with Crippen molar-refractivity contribution in [2.75, 3.05) is 25.6 Å². The van der Waals surface area contributed by atoms with E-state index in [1.54, 1.807) is 12.1 Å². The first-order valence-electron chi connectivity index (χ1n) is 5.31. The van der Waals surface area contributed by atoms with Crippen LogP contribution in [0.5, 0.6) is 5.88 Å². The van der Waals surface area contributed by atoms with Crippen LogP contribution in [0.25, 0.3) is 0 Å². The van der Waals surface area contributed by atoms with Crippen LogP contribution < -0.4 is 9.64 Å². The van der Waals surface area contributed by atoms with Crippen LogP contribution in [-0.2, 0) is 4.79 Å². The molecular weight excluding hydrogens is 238 g/mol. The summed E-state index contributed by atoms with van der Waals surface area (Å²) in [5.74, 6) is -0.580. The molecule has 0 spiro atoms. The highest BCUT2D eigenvalue weighted by Crippen LogP contribution is 2.23. The number of aliphatic carboxylic acids is 1. The molecule has 0 aromatic carbocycles. The average molecular weight is 251 g/mol. The number of ether oxygens (including phenoxy) is 1. The van der Waals surface area contributed by atoms with Crippen molar-refractivity contribution in [3.63, 3.8) is 0 Å².